The van der Waals surface area contributed by atoms with E-state index in [-0.39, 0.29) is 10.2 Å². The summed E-state index contributed by atoms with van der Waals surface area (Å²) in [6.45, 7) is 2.07. The molecule has 1 aromatic carbocycles. The summed E-state index contributed by atoms with van der Waals surface area (Å²) in [5.74, 6) is 0.583. The summed E-state index contributed by atoms with van der Waals surface area (Å²) in [5, 5.41) is 9.27. The number of sulfonamides is 1. The van der Waals surface area contributed by atoms with E-state index in [2.05, 4.69) is 22.2 Å². The van der Waals surface area contributed by atoms with E-state index in [1.54, 1.807) is 23.5 Å². The smallest absolute Gasteiger partial charge is 0.238 e. The number of aromatic nitrogens is 2. The van der Waals surface area contributed by atoms with Crippen molar-refractivity contribution in [1.82, 2.24) is 9.97 Å². The minimum atomic E-state index is -3.71. The van der Waals surface area contributed by atoms with Crippen molar-refractivity contribution in [1.29, 1.82) is 0 Å². The van der Waals surface area contributed by atoms with Gasteiger partial charge in [-0.1, -0.05) is 6.92 Å². The summed E-state index contributed by atoms with van der Waals surface area (Å²) < 4.78 is 22.6. The van der Waals surface area contributed by atoms with Crippen LogP contribution in [0.1, 0.15) is 11.8 Å². The number of anilines is 2. The van der Waals surface area contributed by atoms with Crippen LogP contribution < -0.4 is 10.5 Å². The zero-order valence-electron chi connectivity index (χ0n) is 12.1. The SMILES string of the molecule is CCc1cc2c(Nc3ccc(S(N)(=O)=O)cc3)nc(Cl)nc2s1. The van der Waals surface area contributed by atoms with Gasteiger partial charge in [0, 0.05) is 10.6 Å². The van der Waals surface area contributed by atoms with Gasteiger partial charge in [0.15, 0.2) is 0 Å². The van der Waals surface area contributed by atoms with Gasteiger partial charge in [0.05, 0.1) is 10.3 Å². The molecule has 3 N–H and O–H groups in total. The zero-order chi connectivity index (χ0) is 16.6. The molecular formula is C14H13ClN4O2S2. The fourth-order valence-electron chi connectivity index (χ4n) is 2.08. The number of aryl methyl sites for hydroxylation is 1. The molecule has 0 radical (unpaired) electrons. The van der Waals surface area contributed by atoms with Crippen LogP contribution >= 0.6 is 22.9 Å². The molecule has 23 heavy (non-hydrogen) atoms. The second kappa shape index (κ2) is 6.04. The molecule has 120 valence electrons. The molecule has 0 atom stereocenters. The molecule has 0 saturated carbocycles. The van der Waals surface area contributed by atoms with Crippen molar-refractivity contribution in [2.75, 3.05) is 5.32 Å². The topological polar surface area (TPSA) is 98.0 Å². The Labute approximate surface area is 142 Å². The number of benzene rings is 1. The van der Waals surface area contributed by atoms with Gasteiger partial charge < -0.3 is 5.32 Å². The van der Waals surface area contributed by atoms with Crippen LogP contribution in [0.4, 0.5) is 11.5 Å². The Morgan fingerprint density at radius 2 is 1.96 bits per heavy atom. The minimum Gasteiger partial charge on any atom is -0.340 e. The van der Waals surface area contributed by atoms with E-state index >= 15 is 0 Å². The van der Waals surface area contributed by atoms with E-state index in [1.807, 2.05) is 6.07 Å². The molecule has 0 aliphatic carbocycles. The van der Waals surface area contributed by atoms with Gasteiger partial charge in [0.25, 0.3) is 0 Å². The van der Waals surface area contributed by atoms with Crippen LogP contribution in [-0.2, 0) is 16.4 Å². The largest absolute Gasteiger partial charge is 0.340 e. The molecule has 0 fully saturated rings. The third-order valence-electron chi connectivity index (χ3n) is 3.21. The number of nitrogens with two attached hydrogens (primary N) is 1. The predicted molar refractivity (Wildman–Crippen MR) is 92.9 cm³/mol. The molecule has 3 aromatic rings. The van der Waals surface area contributed by atoms with Gasteiger partial charge in [-0.05, 0) is 48.4 Å². The number of rotatable bonds is 4. The van der Waals surface area contributed by atoms with Gasteiger partial charge in [-0.3, -0.25) is 0 Å². The summed E-state index contributed by atoms with van der Waals surface area (Å²) in [6.07, 6.45) is 0.904. The van der Waals surface area contributed by atoms with Crippen LogP contribution in [0.2, 0.25) is 5.28 Å². The number of nitrogens with zero attached hydrogens (tertiary/aromatic N) is 2. The highest BCUT2D eigenvalue weighted by atomic mass is 35.5. The average Bonchev–Trinajstić information content (AvgIpc) is 2.90. The highest BCUT2D eigenvalue weighted by Crippen LogP contribution is 2.32. The van der Waals surface area contributed by atoms with Crippen LogP contribution in [-0.4, -0.2) is 18.4 Å². The van der Waals surface area contributed by atoms with Crippen molar-refractivity contribution in [3.8, 4) is 0 Å². The van der Waals surface area contributed by atoms with Crippen LogP contribution in [0, 0.1) is 0 Å². The Hall–Kier alpha value is -1.74. The summed E-state index contributed by atoms with van der Waals surface area (Å²) in [4.78, 5) is 10.5. The minimum absolute atomic E-state index is 0.0534. The Kier molecular flexibility index (Phi) is 4.24. The summed E-state index contributed by atoms with van der Waals surface area (Å²) >= 11 is 7.55. The summed E-state index contributed by atoms with van der Waals surface area (Å²) in [7, 11) is -3.71. The first-order chi connectivity index (χ1) is 10.9. The zero-order valence-corrected chi connectivity index (χ0v) is 14.5. The number of nitrogens with one attached hydrogen (secondary N) is 1. The third-order valence-corrected chi connectivity index (χ3v) is 5.48. The fourth-order valence-corrected chi connectivity index (χ4v) is 3.78. The van der Waals surface area contributed by atoms with Crippen molar-refractivity contribution in [3.05, 3.63) is 40.5 Å². The van der Waals surface area contributed by atoms with Crippen LogP contribution in [0.5, 0.6) is 0 Å². The third kappa shape index (κ3) is 3.45. The van der Waals surface area contributed by atoms with Crippen molar-refractivity contribution in [3.63, 3.8) is 0 Å². The van der Waals surface area contributed by atoms with Gasteiger partial charge in [-0.25, -0.2) is 18.5 Å². The van der Waals surface area contributed by atoms with Gasteiger partial charge in [0.2, 0.25) is 15.3 Å². The van der Waals surface area contributed by atoms with E-state index in [0.717, 1.165) is 16.6 Å². The molecular weight excluding hydrogens is 356 g/mol. The molecule has 0 unspecified atom stereocenters. The number of fused-ring (bicyclic) bond motifs is 1. The first kappa shape index (κ1) is 16.1. The fraction of sp³-hybridized carbons (Fsp3) is 0.143. The van der Waals surface area contributed by atoms with Crippen LogP contribution in [0.3, 0.4) is 0 Å². The van der Waals surface area contributed by atoms with E-state index in [0.29, 0.717) is 11.5 Å². The lowest BCUT2D eigenvalue weighted by Crippen LogP contribution is -2.11. The maximum Gasteiger partial charge on any atom is 0.238 e. The molecule has 2 aromatic heterocycles. The molecule has 0 spiro atoms. The van der Waals surface area contributed by atoms with Gasteiger partial charge in [-0.15, -0.1) is 11.3 Å². The van der Waals surface area contributed by atoms with Crippen LogP contribution in [0.15, 0.2) is 35.2 Å². The first-order valence-electron chi connectivity index (χ1n) is 6.72. The number of hydrogen-bond donors (Lipinski definition) is 2. The van der Waals surface area contributed by atoms with E-state index in [4.69, 9.17) is 16.7 Å². The Morgan fingerprint density at radius 3 is 2.57 bits per heavy atom. The second-order valence-electron chi connectivity index (χ2n) is 4.82. The molecule has 6 nitrogen and oxygen atoms in total. The number of halogens is 1. The monoisotopic (exact) mass is 368 g/mol. The number of thiophene rings is 1. The molecule has 0 saturated heterocycles. The van der Waals surface area contributed by atoms with E-state index in [9.17, 15) is 8.42 Å². The second-order valence-corrected chi connectivity index (χ2v) is 7.84. The number of primary sulfonamides is 1. The molecule has 0 aliphatic rings. The van der Waals surface area contributed by atoms with Crippen molar-refractivity contribution in [2.45, 2.75) is 18.2 Å². The highest BCUT2D eigenvalue weighted by molar-refractivity contribution is 7.89. The van der Waals surface area contributed by atoms with Crippen molar-refractivity contribution >= 4 is 54.7 Å². The molecule has 0 bridgehead atoms. The quantitative estimate of drug-likeness (QED) is 0.688. The predicted octanol–water partition coefficient (Wildman–Crippen LogP) is 3.30. The average molecular weight is 369 g/mol. The maximum absolute atomic E-state index is 11.3. The van der Waals surface area contributed by atoms with Crippen LogP contribution in [0.25, 0.3) is 10.2 Å². The van der Waals surface area contributed by atoms with Gasteiger partial charge in [0.1, 0.15) is 10.6 Å². The Balaban J connectivity index is 1.99. The lowest BCUT2D eigenvalue weighted by molar-refractivity contribution is 0.598. The first-order valence-corrected chi connectivity index (χ1v) is 9.46. The van der Waals surface area contributed by atoms with E-state index in [1.165, 1.54) is 17.0 Å². The van der Waals surface area contributed by atoms with Gasteiger partial charge in [-0.2, -0.15) is 4.98 Å². The lowest BCUT2D eigenvalue weighted by Gasteiger charge is -2.07. The van der Waals surface area contributed by atoms with E-state index < -0.39 is 10.0 Å². The molecule has 0 amide bonds. The Bertz CT molecular complexity index is 968. The van der Waals surface area contributed by atoms with Gasteiger partial charge >= 0.3 is 0 Å². The molecule has 0 aliphatic heterocycles. The lowest BCUT2D eigenvalue weighted by atomic mass is 10.3. The highest BCUT2D eigenvalue weighted by Gasteiger charge is 2.12. The number of hydrogen-bond acceptors (Lipinski definition) is 6. The molecule has 9 heteroatoms. The Morgan fingerprint density at radius 1 is 1.26 bits per heavy atom. The summed E-state index contributed by atoms with van der Waals surface area (Å²) in [6, 6.07) is 8.13. The molecule has 3 rings (SSSR count). The standard InChI is InChI=1S/C14H13ClN4O2S2/c1-2-9-7-11-12(18-14(15)19-13(11)22-9)17-8-3-5-10(6-4-8)23(16,20)21/h3-7H,2H2,1H3,(H2,16,20,21)(H,17,18,19). The normalized spacial score (nSPS) is 11.8. The van der Waals surface area contributed by atoms with Crippen molar-refractivity contribution < 1.29 is 8.42 Å². The maximum atomic E-state index is 11.3. The van der Waals surface area contributed by atoms with Crippen molar-refractivity contribution in [2.24, 2.45) is 5.14 Å². The summed E-state index contributed by atoms with van der Waals surface area (Å²) in [5.41, 5.74) is 0.678. The molecule has 2 heterocycles.